The molecule has 2 heterocycles. The van der Waals surface area contributed by atoms with Crippen molar-refractivity contribution in [3.63, 3.8) is 0 Å². The van der Waals surface area contributed by atoms with Crippen molar-refractivity contribution >= 4 is 35.1 Å². The maximum Gasteiger partial charge on any atom is 0.240 e. The molecule has 0 spiro atoms. The molecule has 0 aliphatic heterocycles. The number of halogens is 2. The normalized spacial score (nSPS) is 11.3. The van der Waals surface area contributed by atoms with Crippen LogP contribution < -0.4 is 0 Å². The smallest absolute Gasteiger partial charge is 0.240 e. The fourth-order valence-electron chi connectivity index (χ4n) is 1.77. The highest BCUT2D eigenvalue weighted by atomic mass is 35.5. The van der Waals surface area contributed by atoms with Crippen molar-refractivity contribution in [1.82, 2.24) is 10.2 Å². The van der Waals surface area contributed by atoms with Gasteiger partial charge in [-0.05, 0) is 46.2 Å². The lowest BCUT2D eigenvalue weighted by Crippen LogP contribution is -1.84. The second-order valence-electron chi connectivity index (χ2n) is 4.34. The van der Waals surface area contributed by atoms with E-state index in [0.29, 0.717) is 28.8 Å². The molecule has 0 N–H and O–H groups in total. The third-order valence-electron chi connectivity index (χ3n) is 2.79. The van der Waals surface area contributed by atoms with Gasteiger partial charge in [0.15, 0.2) is 0 Å². The largest absolute Gasteiger partial charge is 0.421 e. The van der Waals surface area contributed by atoms with Gasteiger partial charge < -0.3 is 4.42 Å². The molecule has 3 rings (SSSR count). The van der Waals surface area contributed by atoms with E-state index >= 15 is 0 Å². The van der Waals surface area contributed by atoms with Gasteiger partial charge in [-0.1, -0.05) is 17.7 Å². The average molecular weight is 321 g/mol. The van der Waals surface area contributed by atoms with Gasteiger partial charge in [0.05, 0.1) is 11.4 Å². The minimum absolute atomic E-state index is 0.337. The molecule has 0 saturated heterocycles. The van der Waals surface area contributed by atoms with Gasteiger partial charge in [-0.3, -0.25) is 0 Å². The molecule has 0 fully saturated rings. The number of rotatable bonds is 4. The predicted octanol–water partition coefficient (Wildman–Crippen LogP) is 4.68. The summed E-state index contributed by atoms with van der Waals surface area (Å²) in [5.74, 6) is 0.576. The summed E-state index contributed by atoms with van der Waals surface area (Å²) in [7, 11) is 0. The Morgan fingerprint density at radius 3 is 2.90 bits per heavy atom. The number of hydrogen-bond acceptors (Lipinski definition) is 4. The molecule has 0 bridgehead atoms. The van der Waals surface area contributed by atoms with Crippen LogP contribution in [-0.4, -0.2) is 10.2 Å². The van der Waals surface area contributed by atoms with E-state index in [-0.39, 0.29) is 5.82 Å². The number of benzene rings is 1. The van der Waals surface area contributed by atoms with E-state index < -0.39 is 0 Å². The van der Waals surface area contributed by atoms with Crippen LogP contribution in [0.3, 0.4) is 0 Å². The van der Waals surface area contributed by atoms with E-state index in [0.717, 1.165) is 5.56 Å². The molecule has 1 aromatic carbocycles. The summed E-state index contributed by atoms with van der Waals surface area (Å²) in [5, 5.41) is 12.3. The Morgan fingerprint density at radius 1 is 1.24 bits per heavy atom. The highest BCUT2D eigenvalue weighted by Gasteiger charge is 2.05. The standard InChI is InChI=1S/C15H10ClFN2OS/c16-13-8-12(17)3-1-11(13)2-4-14-18-19-15(20-14)7-10-5-6-21-9-10/h1-6,8-9H,7H2/b4-2+. The second-order valence-corrected chi connectivity index (χ2v) is 5.53. The van der Waals surface area contributed by atoms with Crippen molar-refractivity contribution in [2.45, 2.75) is 6.42 Å². The summed E-state index contributed by atoms with van der Waals surface area (Å²) in [6, 6.07) is 6.22. The van der Waals surface area contributed by atoms with Gasteiger partial charge in [-0.2, -0.15) is 11.3 Å². The van der Waals surface area contributed by atoms with Gasteiger partial charge in [0, 0.05) is 6.08 Å². The first-order chi connectivity index (χ1) is 10.2. The molecule has 0 atom stereocenters. The maximum atomic E-state index is 12.9. The Bertz CT molecular complexity index is 768. The van der Waals surface area contributed by atoms with Gasteiger partial charge in [0.1, 0.15) is 5.82 Å². The minimum Gasteiger partial charge on any atom is -0.421 e. The van der Waals surface area contributed by atoms with E-state index in [4.69, 9.17) is 16.0 Å². The molecule has 6 heteroatoms. The third kappa shape index (κ3) is 3.56. The summed E-state index contributed by atoms with van der Waals surface area (Å²) < 4.78 is 18.5. The van der Waals surface area contributed by atoms with Gasteiger partial charge in [0.25, 0.3) is 0 Å². The summed E-state index contributed by atoms with van der Waals surface area (Å²) in [4.78, 5) is 0. The molecular formula is C15H10ClFN2OS. The van der Waals surface area contributed by atoms with E-state index in [1.54, 1.807) is 29.6 Å². The maximum absolute atomic E-state index is 12.9. The van der Waals surface area contributed by atoms with Gasteiger partial charge in [-0.15, -0.1) is 10.2 Å². The predicted molar refractivity (Wildman–Crippen MR) is 81.8 cm³/mol. The molecule has 2 aromatic heterocycles. The Kier molecular flexibility index (Phi) is 4.13. The van der Waals surface area contributed by atoms with E-state index in [1.165, 1.54) is 12.1 Å². The van der Waals surface area contributed by atoms with Crippen molar-refractivity contribution in [2.24, 2.45) is 0 Å². The lowest BCUT2D eigenvalue weighted by molar-refractivity contribution is 0.497. The molecule has 21 heavy (non-hydrogen) atoms. The van der Waals surface area contributed by atoms with Gasteiger partial charge >= 0.3 is 0 Å². The van der Waals surface area contributed by atoms with E-state index in [9.17, 15) is 4.39 Å². The van der Waals surface area contributed by atoms with Gasteiger partial charge in [0.2, 0.25) is 11.8 Å². The van der Waals surface area contributed by atoms with Crippen LogP contribution in [0.5, 0.6) is 0 Å². The zero-order valence-corrected chi connectivity index (χ0v) is 12.4. The minimum atomic E-state index is -0.368. The van der Waals surface area contributed by atoms with Crippen LogP contribution in [0.25, 0.3) is 12.2 Å². The fourth-order valence-corrected chi connectivity index (χ4v) is 2.67. The van der Waals surface area contributed by atoms with Crippen molar-refractivity contribution in [1.29, 1.82) is 0 Å². The molecule has 3 aromatic rings. The van der Waals surface area contributed by atoms with Crippen molar-refractivity contribution in [2.75, 3.05) is 0 Å². The lowest BCUT2D eigenvalue weighted by atomic mass is 10.2. The number of nitrogens with zero attached hydrogens (tertiary/aromatic N) is 2. The quantitative estimate of drug-likeness (QED) is 0.700. The molecule has 0 saturated carbocycles. The molecule has 0 aliphatic carbocycles. The zero-order valence-electron chi connectivity index (χ0n) is 10.8. The monoisotopic (exact) mass is 320 g/mol. The van der Waals surface area contributed by atoms with Crippen LogP contribution in [0.15, 0.2) is 39.4 Å². The Balaban J connectivity index is 1.73. The molecular weight excluding hydrogens is 311 g/mol. The van der Waals surface area contributed by atoms with Crippen LogP contribution in [0, 0.1) is 5.82 Å². The first-order valence-corrected chi connectivity index (χ1v) is 7.49. The first-order valence-electron chi connectivity index (χ1n) is 6.17. The van der Waals surface area contributed by atoms with Crippen LogP contribution in [-0.2, 0) is 6.42 Å². The van der Waals surface area contributed by atoms with Gasteiger partial charge in [-0.25, -0.2) is 4.39 Å². The van der Waals surface area contributed by atoms with Crippen molar-refractivity contribution in [3.05, 3.63) is 68.8 Å². The average Bonchev–Trinajstić information content (AvgIpc) is 3.10. The topological polar surface area (TPSA) is 38.9 Å². The lowest BCUT2D eigenvalue weighted by Gasteiger charge is -1.96. The first kappa shape index (κ1) is 14.0. The molecule has 3 nitrogen and oxygen atoms in total. The highest BCUT2D eigenvalue weighted by Crippen LogP contribution is 2.20. The van der Waals surface area contributed by atoms with Crippen LogP contribution in [0.1, 0.15) is 22.9 Å². The molecule has 0 unspecified atom stereocenters. The summed E-state index contributed by atoms with van der Waals surface area (Å²) in [6.45, 7) is 0. The second kappa shape index (κ2) is 6.20. The van der Waals surface area contributed by atoms with E-state index in [1.807, 2.05) is 16.8 Å². The molecule has 106 valence electrons. The Labute approximate surface area is 129 Å². The summed E-state index contributed by atoms with van der Waals surface area (Å²) in [5.41, 5.74) is 1.83. The van der Waals surface area contributed by atoms with Crippen LogP contribution in [0.2, 0.25) is 5.02 Å². The SMILES string of the molecule is Fc1ccc(/C=C/c2nnc(Cc3ccsc3)o2)c(Cl)c1. The number of thiophene rings is 1. The Morgan fingerprint density at radius 2 is 2.14 bits per heavy atom. The fraction of sp³-hybridized carbons (Fsp3) is 0.0667. The molecule has 0 aliphatic rings. The summed E-state index contributed by atoms with van der Waals surface area (Å²) in [6.07, 6.45) is 3.98. The number of aromatic nitrogens is 2. The molecule has 0 amide bonds. The van der Waals surface area contributed by atoms with Crippen molar-refractivity contribution < 1.29 is 8.81 Å². The van der Waals surface area contributed by atoms with Crippen LogP contribution >= 0.6 is 22.9 Å². The van der Waals surface area contributed by atoms with Crippen LogP contribution in [0.4, 0.5) is 4.39 Å². The summed E-state index contributed by atoms with van der Waals surface area (Å²) >= 11 is 7.57. The third-order valence-corrected chi connectivity index (χ3v) is 3.85. The highest BCUT2D eigenvalue weighted by molar-refractivity contribution is 7.07. The Hall–Kier alpha value is -1.98. The van der Waals surface area contributed by atoms with Crippen molar-refractivity contribution in [3.8, 4) is 0 Å². The molecule has 0 radical (unpaired) electrons. The zero-order chi connectivity index (χ0) is 14.7. The number of hydrogen-bond donors (Lipinski definition) is 0. The van der Waals surface area contributed by atoms with E-state index in [2.05, 4.69) is 10.2 Å².